The van der Waals surface area contributed by atoms with Gasteiger partial charge in [0.15, 0.2) is 5.82 Å². The Labute approximate surface area is 148 Å². The molecule has 0 saturated carbocycles. The van der Waals surface area contributed by atoms with Crippen molar-refractivity contribution in [3.63, 3.8) is 0 Å². The first-order valence-corrected chi connectivity index (χ1v) is 8.06. The lowest BCUT2D eigenvalue weighted by Gasteiger charge is -2.20. The number of aromatic nitrogens is 2. The van der Waals surface area contributed by atoms with E-state index in [0.29, 0.717) is 18.2 Å². The Kier molecular flexibility index (Phi) is 6.56. The molecule has 0 spiro atoms. The molecule has 25 heavy (non-hydrogen) atoms. The first kappa shape index (κ1) is 18.5. The largest absolute Gasteiger partial charge is 0.497 e. The summed E-state index contributed by atoms with van der Waals surface area (Å²) in [4.78, 5) is 23.6. The van der Waals surface area contributed by atoms with E-state index in [9.17, 15) is 4.79 Å². The lowest BCUT2D eigenvalue weighted by atomic mass is 10.3. The van der Waals surface area contributed by atoms with Gasteiger partial charge in [0, 0.05) is 34.1 Å². The minimum atomic E-state index is 0.0670. The van der Waals surface area contributed by atoms with Crippen LogP contribution in [0.2, 0.25) is 0 Å². The number of nitrogens with zero attached hydrogens (tertiary/aromatic N) is 4. The molecule has 0 saturated heterocycles. The molecule has 7 heteroatoms. The van der Waals surface area contributed by atoms with Crippen LogP contribution in [0.3, 0.4) is 0 Å². The van der Waals surface area contributed by atoms with Crippen LogP contribution in [0.1, 0.15) is 13.3 Å². The zero-order chi connectivity index (χ0) is 18.2. The molecule has 0 aliphatic carbocycles. The van der Waals surface area contributed by atoms with E-state index in [4.69, 9.17) is 9.47 Å². The number of methoxy groups -OCH3 is 1. The topological polar surface area (TPSA) is 67.8 Å². The number of hydrogen-bond donors (Lipinski definition) is 0. The van der Waals surface area contributed by atoms with Crippen molar-refractivity contribution in [3.05, 3.63) is 36.7 Å². The van der Waals surface area contributed by atoms with Gasteiger partial charge in [0.2, 0.25) is 11.8 Å². The number of carbonyl (C=O) groups is 1. The third-order valence-corrected chi connectivity index (χ3v) is 3.80. The molecule has 1 aromatic carbocycles. The molecular weight excluding hydrogens is 320 g/mol. The Morgan fingerprint density at radius 3 is 2.40 bits per heavy atom. The van der Waals surface area contributed by atoms with Crippen LogP contribution in [0.25, 0.3) is 0 Å². The Morgan fingerprint density at radius 2 is 1.76 bits per heavy atom. The molecule has 2 rings (SSSR count). The fourth-order valence-corrected chi connectivity index (χ4v) is 2.15. The van der Waals surface area contributed by atoms with Crippen LogP contribution in [0.4, 0.5) is 5.82 Å². The zero-order valence-corrected chi connectivity index (χ0v) is 15.1. The van der Waals surface area contributed by atoms with Gasteiger partial charge in [0.05, 0.1) is 19.5 Å². The van der Waals surface area contributed by atoms with Gasteiger partial charge in [0.25, 0.3) is 0 Å². The maximum atomic E-state index is 11.2. The van der Waals surface area contributed by atoms with Crippen LogP contribution in [-0.2, 0) is 4.79 Å². The van der Waals surface area contributed by atoms with Crippen molar-refractivity contribution >= 4 is 11.7 Å². The Bertz CT molecular complexity index is 691. The zero-order valence-electron chi connectivity index (χ0n) is 15.1. The van der Waals surface area contributed by atoms with E-state index in [0.717, 1.165) is 24.5 Å². The molecule has 134 valence electrons. The van der Waals surface area contributed by atoms with Gasteiger partial charge in [-0.25, -0.2) is 0 Å². The summed E-state index contributed by atoms with van der Waals surface area (Å²) in [6, 6.07) is 7.28. The summed E-state index contributed by atoms with van der Waals surface area (Å²) in [5, 5.41) is 0. The summed E-state index contributed by atoms with van der Waals surface area (Å²) in [5.74, 6) is 2.64. The third kappa shape index (κ3) is 5.63. The number of anilines is 1. The number of amides is 1. The van der Waals surface area contributed by atoms with Gasteiger partial charge in [-0.05, 0) is 30.7 Å². The molecule has 0 aliphatic rings. The van der Waals surface area contributed by atoms with Crippen LogP contribution in [0.5, 0.6) is 17.4 Å². The van der Waals surface area contributed by atoms with Gasteiger partial charge in [-0.1, -0.05) is 0 Å². The molecule has 1 amide bonds. The fraction of sp³-hybridized carbons (Fsp3) is 0.389. The normalized spacial score (nSPS) is 10.2. The predicted octanol–water partition coefficient (Wildman–Crippen LogP) is 2.58. The van der Waals surface area contributed by atoms with E-state index in [2.05, 4.69) is 9.97 Å². The molecule has 0 fully saturated rings. The lowest BCUT2D eigenvalue weighted by Crippen LogP contribution is -2.28. The van der Waals surface area contributed by atoms with E-state index < -0.39 is 0 Å². The summed E-state index contributed by atoms with van der Waals surface area (Å²) in [6.07, 6.45) is 4.11. The summed E-state index contributed by atoms with van der Waals surface area (Å²) >= 11 is 0. The van der Waals surface area contributed by atoms with Gasteiger partial charge in [-0.15, -0.1) is 0 Å². The molecule has 0 N–H and O–H groups in total. The number of ether oxygens (including phenoxy) is 2. The molecule has 2 aromatic rings. The van der Waals surface area contributed by atoms with Gasteiger partial charge < -0.3 is 19.3 Å². The molecule has 1 aromatic heterocycles. The standard InChI is InChI=1S/C18H24N4O3/c1-14(23)21(2)10-5-11-22(3)17-12-19-13-18(20-17)25-16-8-6-15(24-4)7-9-16/h6-9,12-13H,5,10-11H2,1-4H3. The highest BCUT2D eigenvalue weighted by Gasteiger charge is 2.08. The first-order chi connectivity index (χ1) is 12.0. The second-order valence-corrected chi connectivity index (χ2v) is 5.71. The number of rotatable bonds is 8. The highest BCUT2D eigenvalue weighted by Crippen LogP contribution is 2.23. The van der Waals surface area contributed by atoms with Gasteiger partial charge in [0.1, 0.15) is 11.5 Å². The molecule has 1 heterocycles. The monoisotopic (exact) mass is 344 g/mol. The fourth-order valence-electron chi connectivity index (χ4n) is 2.15. The predicted molar refractivity (Wildman–Crippen MR) is 96.3 cm³/mol. The molecular formula is C18H24N4O3. The van der Waals surface area contributed by atoms with Crippen LogP contribution in [0, 0.1) is 0 Å². The maximum absolute atomic E-state index is 11.2. The second-order valence-electron chi connectivity index (χ2n) is 5.71. The van der Waals surface area contributed by atoms with Crippen molar-refractivity contribution in [2.75, 3.05) is 39.2 Å². The molecule has 0 unspecified atom stereocenters. The highest BCUT2D eigenvalue weighted by molar-refractivity contribution is 5.72. The van der Waals surface area contributed by atoms with E-state index in [1.165, 1.54) is 0 Å². The molecule has 0 aliphatic heterocycles. The van der Waals surface area contributed by atoms with Crippen molar-refractivity contribution in [2.45, 2.75) is 13.3 Å². The third-order valence-electron chi connectivity index (χ3n) is 3.80. The summed E-state index contributed by atoms with van der Waals surface area (Å²) in [5.41, 5.74) is 0. The summed E-state index contributed by atoms with van der Waals surface area (Å²) in [7, 11) is 5.36. The number of hydrogen-bond acceptors (Lipinski definition) is 6. The van der Waals surface area contributed by atoms with Crippen LogP contribution < -0.4 is 14.4 Å². The van der Waals surface area contributed by atoms with Crippen LogP contribution in [-0.4, -0.2) is 55.1 Å². The van der Waals surface area contributed by atoms with Crippen molar-refractivity contribution in [1.82, 2.24) is 14.9 Å². The number of benzene rings is 1. The maximum Gasteiger partial charge on any atom is 0.239 e. The van der Waals surface area contributed by atoms with Gasteiger partial charge in [-0.3, -0.25) is 9.78 Å². The van der Waals surface area contributed by atoms with E-state index >= 15 is 0 Å². The van der Waals surface area contributed by atoms with Gasteiger partial charge >= 0.3 is 0 Å². The summed E-state index contributed by atoms with van der Waals surface area (Å²) in [6.45, 7) is 3.03. The highest BCUT2D eigenvalue weighted by atomic mass is 16.5. The lowest BCUT2D eigenvalue weighted by molar-refractivity contribution is -0.127. The average Bonchev–Trinajstić information content (AvgIpc) is 2.62. The number of carbonyl (C=O) groups excluding carboxylic acids is 1. The van der Waals surface area contributed by atoms with Crippen molar-refractivity contribution in [1.29, 1.82) is 0 Å². The van der Waals surface area contributed by atoms with E-state index in [1.54, 1.807) is 38.4 Å². The van der Waals surface area contributed by atoms with Gasteiger partial charge in [-0.2, -0.15) is 4.98 Å². The Balaban J connectivity index is 1.93. The molecule has 0 bridgehead atoms. The van der Waals surface area contributed by atoms with Crippen molar-refractivity contribution < 1.29 is 14.3 Å². The van der Waals surface area contributed by atoms with E-state index in [1.807, 2.05) is 36.2 Å². The molecule has 0 radical (unpaired) electrons. The van der Waals surface area contributed by atoms with Crippen molar-refractivity contribution in [2.24, 2.45) is 0 Å². The second kappa shape index (κ2) is 8.86. The first-order valence-electron chi connectivity index (χ1n) is 8.06. The quantitative estimate of drug-likeness (QED) is 0.733. The molecule has 0 atom stereocenters. The minimum Gasteiger partial charge on any atom is -0.497 e. The smallest absolute Gasteiger partial charge is 0.239 e. The average molecular weight is 344 g/mol. The van der Waals surface area contributed by atoms with Crippen molar-refractivity contribution in [3.8, 4) is 17.4 Å². The van der Waals surface area contributed by atoms with Crippen LogP contribution >= 0.6 is 0 Å². The van der Waals surface area contributed by atoms with Crippen LogP contribution in [0.15, 0.2) is 36.7 Å². The summed E-state index contributed by atoms with van der Waals surface area (Å²) < 4.78 is 10.9. The minimum absolute atomic E-state index is 0.0670. The Hall–Kier alpha value is -2.83. The van der Waals surface area contributed by atoms with E-state index in [-0.39, 0.29) is 5.91 Å². The SMILES string of the molecule is COc1ccc(Oc2cncc(N(C)CCCN(C)C(C)=O)n2)cc1. The Morgan fingerprint density at radius 1 is 1.08 bits per heavy atom. The molecule has 7 nitrogen and oxygen atoms in total.